The van der Waals surface area contributed by atoms with Crippen molar-refractivity contribution in [3.05, 3.63) is 0 Å². The molecule has 3 N–H and O–H groups in total. The highest BCUT2D eigenvalue weighted by Crippen LogP contribution is 2.36. The first-order chi connectivity index (χ1) is 7.20. The van der Waals surface area contributed by atoms with Crippen LogP contribution in [0.25, 0.3) is 0 Å². The van der Waals surface area contributed by atoms with Gasteiger partial charge in [0.15, 0.2) is 0 Å². The van der Waals surface area contributed by atoms with Gasteiger partial charge in [0.25, 0.3) is 0 Å². The molecule has 1 heterocycles. The Morgan fingerprint density at radius 1 is 1.44 bits per heavy atom. The third-order valence-electron chi connectivity index (χ3n) is 3.73. The predicted molar refractivity (Wildman–Crippen MR) is 66.6 cm³/mol. The van der Waals surface area contributed by atoms with E-state index >= 15 is 0 Å². The number of likely N-dealkylation sites (N-methyl/N-ethyl adjacent to an activating group) is 1. The summed E-state index contributed by atoms with van der Waals surface area (Å²) in [5.74, 6) is 1.53. The number of carbonyl (C=O) groups excluding carboxylic acids is 1. The number of halogens is 1. The van der Waals surface area contributed by atoms with Crippen molar-refractivity contribution in [3.63, 3.8) is 0 Å². The number of nitrogens with two attached hydrogens (primary N) is 1. The second-order valence-electron chi connectivity index (χ2n) is 4.81. The van der Waals surface area contributed by atoms with Crippen molar-refractivity contribution in [2.24, 2.45) is 17.6 Å². The van der Waals surface area contributed by atoms with Gasteiger partial charge in [-0.05, 0) is 31.6 Å². The second kappa shape index (κ2) is 5.84. The van der Waals surface area contributed by atoms with E-state index in [9.17, 15) is 4.79 Å². The molecule has 3 unspecified atom stereocenters. The van der Waals surface area contributed by atoms with Gasteiger partial charge in [0, 0.05) is 25.7 Å². The van der Waals surface area contributed by atoms with Gasteiger partial charge in [0.05, 0.1) is 6.54 Å². The number of rotatable bonds is 3. The van der Waals surface area contributed by atoms with E-state index in [0.29, 0.717) is 18.5 Å². The molecule has 0 aromatic carbocycles. The number of fused-ring (bicyclic) bond motifs is 1. The van der Waals surface area contributed by atoms with E-state index < -0.39 is 0 Å². The monoisotopic (exact) mass is 247 g/mol. The Kier molecular flexibility index (Phi) is 5.02. The molecule has 0 radical (unpaired) electrons. The van der Waals surface area contributed by atoms with Crippen molar-refractivity contribution in [2.75, 3.05) is 26.2 Å². The smallest absolute Gasteiger partial charge is 0.234 e. The Bertz CT molecular complexity index is 249. The standard InChI is InChI=1S/C11H21N3O.ClH/c1-2-13-11(15)7-14-5-8-3-4-10(12)9(8)6-14;/h8-10H,2-7,12H2,1H3,(H,13,15);1H. The Labute approximate surface area is 103 Å². The van der Waals surface area contributed by atoms with Gasteiger partial charge < -0.3 is 11.1 Å². The van der Waals surface area contributed by atoms with Crippen molar-refractivity contribution < 1.29 is 4.79 Å². The summed E-state index contributed by atoms with van der Waals surface area (Å²) in [5.41, 5.74) is 6.04. The first-order valence-electron chi connectivity index (χ1n) is 5.95. The van der Waals surface area contributed by atoms with E-state index in [-0.39, 0.29) is 18.3 Å². The molecule has 0 bridgehead atoms. The fraction of sp³-hybridized carbons (Fsp3) is 0.909. The van der Waals surface area contributed by atoms with Gasteiger partial charge in [-0.25, -0.2) is 0 Å². The van der Waals surface area contributed by atoms with Gasteiger partial charge >= 0.3 is 0 Å². The fourth-order valence-electron chi connectivity index (χ4n) is 2.98. The van der Waals surface area contributed by atoms with Crippen LogP contribution in [0.5, 0.6) is 0 Å². The normalized spacial score (nSPS) is 33.2. The molecule has 1 aliphatic carbocycles. The topological polar surface area (TPSA) is 58.4 Å². The Hall–Kier alpha value is -0.320. The summed E-state index contributed by atoms with van der Waals surface area (Å²) in [6.07, 6.45) is 2.42. The first kappa shape index (κ1) is 13.7. The summed E-state index contributed by atoms with van der Waals surface area (Å²) in [6, 6.07) is 0.370. The average Bonchev–Trinajstić information content (AvgIpc) is 2.69. The van der Waals surface area contributed by atoms with Gasteiger partial charge in [0.2, 0.25) is 5.91 Å². The van der Waals surface area contributed by atoms with E-state index in [4.69, 9.17) is 5.73 Å². The van der Waals surface area contributed by atoms with Crippen LogP contribution in [-0.2, 0) is 4.79 Å². The highest BCUT2D eigenvalue weighted by atomic mass is 35.5. The minimum atomic E-state index is 0. The number of likely N-dealkylation sites (tertiary alicyclic amines) is 1. The van der Waals surface area contributed by atoms with Crippen LogP contribution in [0.3, 0.4) is 0 Å². The van der Waals surface area contributed by atoms with Crippen molar-refractivity contribution >= 4 is 18.3 Å². The lowest BCUT2D eigenvalue weighted by Crippen LogP contribution is -2.37. The van der Waals surface area contributed by atoms with Gasteiger partial charge in [-0.3, -0.25) is 9.69 Å². The summed E-state index contributed by atoms with van der Waals surface area (Å²) in [5, 5.41) is 2.84. The Balaban J connectivity index is 0.00000128. The lowest BCUT2D eigenvalue weighted by atomic mass is 9.98. The molecule has 0 spiro atoms. The summed E-state index contributed by atoms with van der Waals surface area (Å²) in [7, 11) is 0. The third kappa shape index (κ3) is 2.87. The maximum Gasteiger partial charge on any atom is 0.234 e. The quantitative estimate of drug-likeness (QED) is 0.750. The average molecular weight is 248 g/mol. The highest BCUT2D eigenvalue weighted by molar-refractivity contribution is 5.85. The largest absolute Gasteiger partial charge is 0.355 e. The van der Waals surface area contributed by atoms with Gasteiger partial charge in [-0.2, -0.15) is 0 Å². The molecule has 0 aromatic heterocycles. The molecule has 0 aromatic rings. The number of nitrogens with one attached hydrogen (secondary N) is 1. The van der Waals surface area contributed by atoms with E-state index in [1.165, 1.54) is 12.8 Å². The maximum atomic E-state index is 11.4. The molecule has 1 amide bonds. The molecular weight excluding hydrogens is 226 g/mol. The zero-order chi connectivity index (χ0) is 10.8. The van der Waals surface area contributed by atoms with Crippen molar-refractivity contribution in [3.8, 4) is 0 Å². The van der Waals surface area contributed by atoms with E-state index in [0.717, 1.165) is 25.6 Å². The SMILES string of the molecule is CCNC(=O)CN1CC2CCC(N)C2C1.Cl. The van der Waals surface area contributed by atoms with Crippen LogP contribution in [0, 0.1) is 11.8 Å². The lowest BCUT2D eigenvalue weighted by molar-refractivity contribution is -0.121. The Morgan fingerprint density at radius 2 is 2.19 bits per heavy atom. The van der Waals surface area contributed by atoms with E-state index in [1.54, 1.807) is 0 Å². The molecule has 16 heavy (non-hydrogen) atoms. The summed E-state index contributed by atoms with van der Waals surface area (Å²) in [4.78, 5) is 13.7. The molecule has 94 valence electrons. The van der Waals surface area contributed by atoms with Crippen LogP contribution in [0.15, 0.2) is 0 Å². The van der Waals surface area contributed by atoms with Crippen molar-refractivity contribution in [2.45, 2.75) is 25.8 Å². The zero-order valence-corrected chi connectivity index (χ0v) is 10.6. The van der Waals surface area contributed by atoms with Crippen LogP contribution in [-0.4, -0.2) is 43.0 Å². The number of hydrogen-bond donors (Lipinski definition) is 2. The molecule has 2 fully saturated rings. The summed E-state index contributed by atoms with van der Waals surface area (Å²) in [6.45, 7) is 5.30. The zero-order valence-electron chi connectivity index (χ0n) is 9.82. The van der Waals surface area contributed by atoms with Gasteiger partial charge in [0.1, 0.15) is 0 Å². The van der Waals surface area contributed by atoms with Crippen molar-refractivity contribution in [1.29, 1.82) is 0 Å². The van der Waals surface area contributed by atoms with Gasteiger partial charge in [-0.1, -0.05) is 0 Å². The van der Waals surface area contributed by atoms with Gasteiger partial charge in [-0.15, -0.1) is 12.4 Å². The molecule has 1 saturated carbocycles. The Morgan fingerprint density at radius 3 is 2.81 bits per heavy atom. The number of amides is 1. The van der Waals surface area contributed by atoms with Crippen LogP contribution in [0.1, 0.15) is 19.8 Å². The molecule has 4 nitrogen and oxygen atoms in total. The van der Waals surface area contributed by atoms with Crippen LogP contribution in [0.2, 0.25) is 0 Å². The molecular formula is C11H22ClN3O. The minimum Gasteiger partial charge on any atom is -0.355 e. The first-order valence-corrected chi connectivity index (χ1v) is 5.95. The number of nitrogens with zero attached hydrogens (tertiary/aromatic N) is 1. The number of hydrogen-bond acceptors (Lipinski definition) is 3. The molecule has 5 heteroatoms. The van der Waals surface area contributed by atoms with Crippen LogP contribution in [0.4, 0.5) is 0 Å². The maximum absolute atomic E-state index is 11.4. The summed E-state index contributed by atoms with van der Waals surface area (Å²) < 4.78 is 0. The van der Waals surface area contributed by atoms with Crippen LogP contribution < -0.4 is 11.1 Å². The fourth-order valence-corrected chi connectivity index (χ4v) is 2.98. The molecule has 2 rings (SSSR count). The lowest BCUT2D eigenvalue weighted by Gasteiger charge is -2.17. The van der Waals surface area contributed by atoms with Crippen LogP contribution >= 0.6 is 12.4 Å². The molecule has 1 saturated heterocycles. The third-order valence-corrected chi connectivity index (χ3v) is 3.73. The van der Waals surface area contributed by atoms with Crippen molar-refractivity contribution in [1.82, 2.24) is 10.2 Å². The molecule has 1 aliphatic heterocycles. The second-order valence-corrected chi connectivity index (χ2v) is 4.81. The molecule has 3 atom stereocenters. The number of carbonyl (C=O) groups is 1. The minimum absolute atomic E-state index is 0. The van der Waals surface area contributed by atoms with E-state index in [2.05, 4.69) is 10.2 Å². The summed E-state index contributed by atoms with van der Waals surface area (Å²) >= 11 is 0. The molecule has 2 aliphatic rings. The predicted octanol–water partition coefficient (Wildman–Crippen LogP) is 0.213. The van der Waals surface area contributed by atoms with E-state index in [1.807, 2.05) is 6.92 Å². The highest BCUT2D eigenvalue weighted by Gasteiger charge is 2.41.